The molecule has 1 saturated heterocycles. The first-order valence-corrected chi connectivity index (χ1v) is 6.56. The zero-order chi connectivity index (χ0) is 11.8. The second kappa shape index (κ2) is 7.81. The Balaban J connectivity index is 2.06. The molecule has 0 spiro atoms. The summed E-state index contributed by atoms with van der Waals surface area (Å²) in [6, 6.07) is 0. The molecule has 0 aromatic heterocycles. The molecule has 1 rings (SSSR count). The third-order valence-corrected chi connectivity index (χ3v) is 3.25. The van der Waals surface area contributed by atoms with Gasteiger partial charge >= 0.3 is 0 Å². The first-order chi connectivity index (χ1) is 7.74. The molecule has 0 saturated carbocycles. The van der Waals surface area contributed by atoms with Gasteiger partial charge in [0.05, 0.1) is 33.2 Å². The van der Waals surface area contributed by atoms with Gasteiger partial charge in [0, 0.05) is 19.8 Å². The van der Waals surface area contributed by atoms with E-state index in [9.17, 15) is 0 Å². The lowest BCUT2D eigenvalue weighted by Gasteiger charge is -2.32. The van der Waals surface area contributed by atoms with Gasteiger partial charge in [-0.1, -0.05) is 0 Å². The summed E-state index contributed by atoms with van der Waals surface area (Å²) in [5, 5.41) is 4.20. The molecule has 2 N–H and O–H groups in total. The van der Waals surface area contributed by atoms with Crippen LogP contribution in [0.25, 0.3) is 0 Å². The molecule has 16 heavy (non-hydrogen) atoms. The predicted molar refractivity (Wildman–Crippen MR) is 69.9 cm³/mol. The monoisotopic (exact) mass is 246 g/mol. The van der Waals surface area contributed by atoms with Crippen LogP contribution in [0.1, 0.15) is 13.3 Å². The molecule has 4 nitrogen and oxygen atoms in total. The summed E-state index contributed by atoms with van der Waals surface area (Å²) in [6.45, 7) is 9.06. The van der Waals surface area contributed by atoms with Crippen molar-refractivity contribution in [3.8, 4) is 0 Å². The van der Waals surface area contributed by atoms with Crippen molar-refractivity contribution in [2.24, 2.45) is 0 Å². The number of ether oxygens (including phenoxy) is 1. The number of nitrogens with one attached hydrogen (secondary N) is 2. The van der Waals surface area contributed by atoms with Crippen molar-refractivity contribution in [1.82, 2.24) is 10.2 Å². The highest BCUT2D eigenvalue weighted by Gasteiger charge is 2.18. The van der Waals surface area contributed by atoms with Gasteiger partial charge < -0.3 is 19.9 Å². The maximum absolute atomic E-state index is 5.36. The van der Waals surface area contributed by atoms with Crippen molar-refractivity contribution in [2.75, 3.05) is 53.0 Å². The summed E-state index contributed by atoms with van der Waals surface area (Å²) in [6.07, 6.45) is 1.02. The highest BCUT2D eigenvalue weighted by Crippen LogP contribution is 1.91. The van der Waals surface area contributed by atoms with Crippen LogP contribution in [0, 0.1) is 0 Å². The zero-order valence-corrected chi connectivity index (χ0v) is 11.2. The Kier molecular flexibility index (Phi) is 6.68. The molecule has 1 aliphatic heterocycles. The molecule has 0 bridgehead atoms. The molecular weight excluding hydrogens is 222 g/mol. The van der Waals surface area contributed by atoms with Crippen molar-refractivity contribution in [3.05, 3.63) is 0 Å². The zero-order valence-electron chi connectivity index (χ0n) is 10.4. The van der Waals surface area contributed by atoms with Gasteiger partial charge in [-0.25, -0.2) is 0 Å². The Hall–Kier alpha value is -0.390. The maximum Gasteiger partial charge on any atom is 0.169 e. The number of hydrogen-bond acceptors (Lipinski definition) is 2. The van der Waals surface area contributed by atoms with Crippen LogP contribution in [0.15, 0.2) is 0 Å². The number of rotatable bonds is 5. The first-order valence-electron chi connectivity index (χ1n) is 6.16. The molecule has 0 amide bonds. The number of piperazine rings is 1. The van der Waals surface area contributed by atoms with Crippen molar-refractivity contribution in [2.45, 2.75) is 13.3 Å². The van der Waals surface area contributed by atoms with E-state index in [1.54, 1.807) is 4.90 Å². The van der Waals surface area contributed by atoms with Crippen LogP contribution >= 0.6 is 12.2 Å². The summed E-state index contributed by atoms with van der Waals surface area (Å²) in [7, 11) is 2.23. The van der Waals surface area contributed by atoms with Crippen LogP contribution in [0.2, 0.25) is 0 Å². The smallest absolute Gasteiger partial charge is 0.169 e. The fourth-order valence-corrected chi connectivity index (χ4v) is 2.00. The number of quaternary nitrogens is 1. The number of likely N-dealkylation sites (N-methyl/N-ethyl adjacent to an activating group) is 1. The molecule has 0 aromatic carbocycles. The molecule has 0 radical (unpaired) electrons. The van der Waals surface area contributed by atoms with Crippen LogP contribution < -0.4 is 10.2 Å². The normalized spacial score (nSPS) is 17.5. The van der Waals surface area contributed by atoms with Crippen molar-refractivity contribution in [3.63, 3.8) is 0 Å². The average Bonchev–Trinajstić information content (AvgIpc) is 2.29. The second-order valence-electron chi connectivity index (χ2n) is 4.23. The molecule has 1 aliphatic rings. The minimum atomic E-state index is 0.797. The Bertz CT molecular complexity index is 205. The van der Waals surface area contributed by atoms with Gasteiger partial charge in [0.25, 0.3) is 0 Å². The van der Waals surface area contributed by atoms with E-state index in [4.69, 9.17) is 17.0 Å². The summed E-state index contributed by atoms with van der Waals surface area (Å²) in [5.41, 5.74) is 0. The summed E-state index contributed by atoms with van der Waals surface area (Å²) >= 11 is 5.36. The Morgan fingerprint density at radius 3 is 2.75 bits per heavy atom. The van der Waals surface area contributed by atoms with Gasteiger partial charge in [-0.3, -0.25) is 0 Å². The third-order valence-electron chi connectivity index (χ3n) is 2.85. The van der Waals surface area contributed by atoms with Gasteiger partial charge in [0.1, 0.15) is 0 Å². The molecule has 1 heterocycles. The fraction of sp³-hybridized carbons (Fsp3) is 0.909. The first kappa shape index (κ1) is 13.7. The number of thiocarbonyl (C=S) groups is 1. The minimum absolute atomic E-state index is 0.797. The van der Waals surface area contributed by atoms with E-state index in [2.05, 4.69) is 17.3 Å². The van der Waals surface area contributed by atoms with Crippen LogP contribution in [-0.2, 0) is 4.74 Å². The van der Waals surface area contributed by atoms with E-state index < -0.39 is 0 Å². The summed E-state index contributed by atoms with van der Waals surface area (Å²) in [4.78, 5) is 3.86. The molecular formula is C11H24N3OS+. The van der Waals surface area contributed by atoms with Gasteiger partial charge in [-0.15, -0.1) is 0 Å². The summed E-state index contributed by atoms with van der Waals surface area (Å²) < 4.78 is 5.27. The van der Waals surface area contributed by atoms with E-state index in [1.807, 2.05) is 6.92 Å². The van der Waals surface area contributed by atoms with E-state index in [0.29, 0.717) is 0 Å². The topological polar surface area (TPSA) is 28.9 Å². The minimum Gasteiger partial charge on any atom is -0.382 e. The highest BCUT2D eigenvalue weighted by atomic mass is 32.1. The molecule has 0 aliphatic carbocycles. The van der Waals surface area contributed by atoms with E-state index in [-0.39, 0.29) is 0 Å². The van der Waals surface area contributed by atoms with Gasteiger partial charge in [0.15, 0.2) is 5.11 Å². The third kappa shape index (κ3) is 5.09. The highest BCUT2D eigenvalue weighted by molar-refractivity contribution is 7.80. The van der Waals surface area contributed by atoms with Gasteiger partial charge in [-0.05, 0) is 25.6 Å². The van der Waals surface area contributed by atoms with E-state index >= 15 is 0 Å². The molecule has 5 heteroatoms. The van der Waals surface area contributed by atoms with Crippen LogP contribution in [0.5, 0.6) is 0 Å². The standard InChI is InChI=1S/C11H23N3OS/c1-3-15-10-4-5-12-11(16)14-8-6-13(2)7-9-14/h3-10H2,1-2H3,(H,12,16)/p+1. The molecule has 0 atom stereocenters. The summed E-state index contributed by atoms with van der Waals surface area (Å²) in [5.74, 6) is 0. The van der Waals surface area contributed by atoms with Crippen molar-refractivity contribution >= 4 is 17.3 Å². The molecule has 0 unspecified atom stereocenters. The van der Waals surface area contributed by atoms with Crippen LogP contribution in [0.4, 0.5) is 0 Å². The lowest BCUT2D eigenvalue weighted by molar-refractivity contribution is -0.883. The Morgan fingerprint density at radius 2 is 2.12 bits per heavy atom. The maximum atomic E-state index is 5.36. The quantitative estimate of drug-likeness (QED) is 0.487. The lowest BCUT2D eigenvalue weighted by atomic mass is 10.3. The number of hydrogen-bond donors (Lipinski definition) is 2. The van der Waals surface area contributed by atoms with Crippen LogP contribution in [-0.4, -0.2) is 63.0 Å². The number of nitrogens with zero attached hydrogens (tertiary/aromatic N) is 1. The molecule has 1 fully saturated rings. The Labute approximate surface area is 104 Å². The van der Waals surface area contributed by atoms with E-state index in [1.165, 1.54) is 13.1 Å². The molecule has 94 valence electrons. The second-order valence-corrected chi connectivity index (χ2v) is 4.61. The van der Waals surface area contributed by atoms with E-state index in [0.717, 1.165) is 44.4 Å². The Morgan fingerprint density at radius 1 is 1.44 bits per heavy atom. The lowest BCUT2D eigenvalue weighted by Crippen LogP contribution is -3.12. The van der Waals surface area contributed by atoms with Crippen molar-refractivity contribution < 1.29 is 9.64 Å². The largest absolute Gasteiger partial charge is 0.382 e. The predicted octanol–water partition coefficient (Wildman–Crippen LogP) is -0.882. The van der Waals surface area contributed by atoms with Gasteiger partial charge in [-0.2, -0.15) is 0 Å². The van der Waals surface area contributed by atoms with Crippen molar-refractivity contribution in [1.29, 1.82) is 0 Å². The molecule has 0 aromatic rings. The fourth-order valence-electron chi connectivity index (χ4n) is 1.72. The van der Waals surface area contributed by atoms with Gasteiger partial charge in [0.2, 0.25) is 0 Å². The average molecular weight is 246 g/mol. The van der Waals surface area contributed by atoms with Crippen LogP contribution in [0.3, 0.4) is 0 Å². The SMILES string of the molecule is CCOCCCNC(=S)N1CC[NH+](C)CC1.